The number of nitrogens with zero attached hydrogens (tertiary/aromatic N) is 3. The topological polar surface area (TPSA) is 30.7 Å². The summed E-state index contributed by atoms with van der Waals surface area (Å²) in [7, 11) is 0. The van der Waals surface area contributed by atoms with E-state index in [1.54, 1.807) is 0 Å². The van der Waals surface area contributed by atoms with E-state index in [-0.39, 0.29) is 15.4 Å². The first kappa shape index (κ1) is 14.4. The SMILES string of the molecule is CC(C)(C)c1nnc(Cl)n1-c1cc(F)c(Br)cc1F. The Morgan fingerprint density at radius 2 is 1.79 bits per heavy atom. The van der Waals surface area contributed by atoms with Crippen molar-refractivity contribution in [1.29, 1.82) is 0 Å². The van der Waals surface area contributed by atoms with Crippen LogP contribution in [0.3, 0.4) is 0 Å². The highest BCUT2D eigenvalue weighted by molar-refractivity contribution is 9.10. The van der Waals surface area contributed by atoms with E-state index in [4.69, 9.17) is 11.6 Å². The van der Waals surface area contributed by atoms with Gasteiger partial charge in [0, 0.05) is 11.5 Å². The van der Waals surface area contributed by atoms with Gasteiger partial charge in [0.25, 0.3) is 0 Å². The van der Waals surface area contributed by atoms with Gasteiger partial charge >= 0.3 is 0 Å². The zero-order valence-corrected chi connectivity index (χ0v) is 12.9. The Kier molecular flexibility index (Phi) is 3.66. The van der Waals surface area contributed by atoms with E-state index >= 15 is 0 Å². The third-order valence-corrected chi connectivity index (χ3v) is 3.38. The van der Waals surface area contributed by atoms with Gasteiger partial charge in [-0.1, -0.05) is 20.8 Å². The van der Waals surface area contributed by atoms with Crippen molar-refractivity contribution in [2.24, 2.45) is 0 Å². The van der Waals surface area contributed by atoms with Crippen molar-refractivity contribution >= 4 is 27.5 Å². The molecule has 0 unspecified atom stereocenters. The van der Waals surface area contributed by atoms with Gasteiger partial charge in [0.1, 0.15) is 17.5 Å². The highest BCUT2D eigenvalue weighted by atomic mass is 79.9. The van der Waals surface area contributed by atoms with Crippen LogP contribution in [0.15, 0.2) is 16.6 Å². The molecule has 0 N–H and O–H groups in total. The first-order valence-corrected chi connectivity index (χ1v) is 6.65. The third-order valence-electron chi connectivity index (χ3n) is 2.53. The van der Waals surface area contributed by atoms with Crippen LogP contribution < -0.4 is 0 Å². The number of hydrogen-bond donors (Lipinski definition) is 0. The molecule has 0 bridgehead atoms. The van der Waals surface area contributed by atoms with Crippen LogP contribution in [0.2, 0.25) is 5.28 Å². The van der Waals surface area contributed by atoms with Crippen molar-refractivity contribution in [1.82, 2.24) is 14.8 Å². The predicted molar refractivity (Wildman–Crippen MR) is 72.7 cm³/mol. The molecule has 0 spiro atoms. The zero-order valence-electron chi connectivity index (χ0n) is 10.5. The molecule has 0 aliphatic heterocycles. The van der Waals surface area contributed by atoms with Crippen molar-refractivity contribution in [3.63, 3.8) is 0 Å². The van der Waals surface area contributed by atoms with Crippen LogP contribution in [-0.4, -0.2) is 14.8 Å². The van der Waals surface area contributed by atoms with Crippen LogP contribution in [-0.2, 0) is 5.41 Å². The number of halogens is 4. The first-order valence-electron chi connectivity index (χ1n) is 5.48. The van der Waals surface area contributed by atoms with Crippen LogP contribution in [0.5, 0.6) is 0 Å². The minimum Gasteiger partial charge on any atom is -0.266 e. The molecule has 3 nitrogen and oxygen atoms in total. The number of rotatable bonds is 1. The van der Waals surface area contributed by atoms with Gasteiger partial charge in [0.05, 0.1) is 10.2 Å². The second-order valence-corrected chi connectivity index (χ2v) is 6.29. The molecule has 0 amide bonds. The highest BCUT2D eigenvalue weighted by Gasteiger charge is 2.26. The van der Waals surface area contributed by atoms with Crippen molar-refractivity contribution < 1.29 is 8.78 Å². The van der Waals surface area contributed by atoms with Crippen molar-refractivity contribution in [3.8, 4) is 5.69 Å². The summed E-state index contributed by atoms with van der Waals surface area (Å²) < 4.78 is 29.0. The van der Waals surface area contributed by atoms with Gasteiger partial charge in [0.15, 0.2) is 0 Å². The Labute approximate surface area is 122 Å². The van der Waals surface area contributed by atoms with Gasteiger partial charge in [-0.2, -0.15) is 0 Å². The second kappa shape index (κ2) is 4.83. The smallest absolute Gasteiger partial charge is 0.229 e. The van der Waals surface area contributed by atoms with E-state index in [1.165, 1.54) is 4.57 Å². The lowest BCUT2D eigenvalue weighted by Gasteiger charge is -2.19. The first-order chi connectivity index (χ1) is 8.71. The predicted octanol–water partition coefficient (Wildman–Crippen LogP) is 4.26. The molecule has 7 heteroatoms. The Hall–Kier alpha value is -1.01. The molecule has 0 saturated carbocycles. The van der Waals surface area contributed by atoms with Crippen molar-refractivity contribution in [2.75, 3.05) is 0 Å². The summed E-state index contributed by atoms with van der Waals surface area (Å²) >= 11 is 8.87. The average molecular weight is 351 g/mol. The molecule has 1 aromatic carbocycles. The van der Waals surface area contributed by atoms with Crippen LogP contribution in [0.4, 0.5) is 8.78 Å². The quantitative estimate of drug-likeness (QED) is 0.720. The van der Waals surface area contributed by atoms with E-state index in [1.807, 2.05) is 20.8 Å². The summed E-state index contributed by atoms with van der Waals surface area (Å²) in [4.78, 5) is 0. The molecule has 0 fully saturated rings. The number of benzene rings is 1. The van der Waals surface area contributed by atoms with Gasteiger partial charge < -0.3 is 0 Å². The molecule has 0 radical (unpaired) electrons. The molecule has 0 aliphatic carbocycles. The second-order valence-electron chi connectivity index (χ2n) is 5.10. The minimum absolute atomic E-state index is 0.00875. The average Bonchev–Trinajstić information content (AvgIpc) is 2.65. The fraction of sp³-hybridized carbons (Fsp3) is 0.333. The molecule has 2 rings (SSSR count). The van der Waals surface area contributed by atoms with E-state index < -0.39 is 17.0 Å². The molecular formula is C12H11BrClF2N3. The monoisotopic (exact) mass is 349 g/mol. The highest BCUT2D eigenvalue weighted by Crippen LogP contribution is 2.30. The van der Waals surface area contributed by atoms with Crippen LogP contribution in [0.25, 0.3) is 5.69 Å². The molecule has 102 valence electrons. The van der Waals surface area contributed by atoms with E-state index in [0.29, 0.717) is 5.82 Å². The maximum absolute atomic E-state index is 14.0. The Bertz CT molecular complexity index is 635. The van der Waals surface area contributed by atoms with E-state index in [9.17, 15) is 8.78 Å². The summed E-state index contributed by atoms with van der Waals surface area (Å²) in [5.74, 6) is -0.736. The van der Waals surface area contributed by atoms with Gasteiger partial charge in [-0.25, -0.2) is 8.78 Å². The van der Waals surface area contributed by atoms with Crippen LogP contribution in [0, 0.1) is 11.6 Å². The van der Waals surface area contributed by atoms with Gasteiger partial charge in [0.2, 0.25) is 5.28 Å². The molecule has 0 atom stereocenters. The third kappa shape index (κ3) is 2.65. The number of hydrogen-bond acceptors (Lipinski definition) is 2. The maximum Gasteiger partial charge on any atom is 0.229 e. The summed E-state index contributed by atoms with van der Waals surface area (Å²) in [6, 6.07) is 2.11. The normalized spacial score (nSPS) is 11.9. The lowest BCUT2D eigenvalue weighted by atomic mass is 9.95. The summed E-state index contributed by atoms with van der Waals surface area (Å²) in [6.45, 7) is 5.66. The zero-order chi connectivity index (χ0) is 14.4. The van der Waals surface area contributed by atoms with Crippen molar-refractivity contribution in [2.45, 2.75) is 26.2 Å². The minimum atomic E-state index is -0.611. The van der Waals surface area contributed by atoms with Gasteiger partial charge in [-0.15, -0.1) is 10.2 Å². The standard InChI is InChI=1S/C12H11BrClF2N3/c1-12(2,3)10-17-18-11(14)19(10)9-5-7(15)6(13)4-8(9)16/h4-5H,1-3H3. The molecule has 1 aromatic heterocycles. The lowest BCUT2D eigenvalue weighted by molar-refractivity contribution is 0.524. The summed E-state index contributed by atoms with van der Waals surface area (Å²) in [5, 5.41) is 7.66. The summed E-state index contributed by atoms with van der Waals surface area (Å²) in [5.41, 5.74) is -0.420. The molecule has 1 heterocycles. The number of aromatic nitrogens is 3. The lowest BCUT2D eigenvalue weighted by Crippen LogP contribution is -2.19. The fourth-order valence-electron chi connectivity index (χ4n) is 1.65. The molecule has 0 aliphatic rings. The molecular weight excluding hydrogens is 340 g/mol. The van der Waals surface area contributed by atoms with Gasteiger partial charge in [-0.3, -0.25) is 4.57 Å². The Balaban J connectivity index is 2.73. The van der Waals surface area contributed by atoms with Crippen LogP contribution >= 0.6 is 27.5 Å². The Morgan fingerprint density at radius 3 is 2.37 bits per heavy atom. The molecule has 19 heavy (non-hydrogen) atoms. The largest absolute Gasteiger partial charge is 0.266 e. The molecule has 0 saturated heterocycles. The summed E-state index contributed by atoms with van der Waals surface area (Å²) in [6.07, 6.45) is 0. The Morgan fingerprint density at radius 1 is 1.16 bits per heavy atom. The molecule has 2 aromatic rings. The van der Waals surface area contributed by atoms with Crippen molar-refractivity contribution in [3.05, 3.63) is 39.3 Å². The van der Waals surface area contributed by atoms with Gasteiger partial charge in [-0.05, 0) is 33.6 Å². The maximum atomic E-state index is 14.0. The van der Waals surface area contributed by atoms with E-state index in [2.05, 4.69) is 26.1 Å². The van der Waals surface area contributed by atoms with E-state index in [0.717, 1.165) is 12.1 Å². The fourth-order valence-corrected chi connectivity index (χ4v) is 2.17. The van der Waals surface area contributed by atoms with Crippen LogP contribution in [0.1, 0.15) is 26.6 Å².